The van der Waals surface area contributed by atoms with Crippen molar-refractivity contribution in [3.05, 3.63) is 34.7 Å². The summed E-state index contributed by atoms with van der Waals surface area (Å²) in [6, 6.07) is 1.86. The minimum atomic E-state index is -2.74. The van der Waals surface area contributed by atoms with Crippen LogP contribution in [0.2, 0.25) is 0 Å². The number of likely N-dealkylation sites (N-methyl/N-ethyl adjacent to an activating group) is 1. The van der Waals surface area contributed by atoms with Gasteiger partial charge < -0.3 is 20.5 Å². The maximum atomic E-state index is 13.8. The van der Waals surface area contributed by atoms with Gasteiger partial charge in [-0.2, -0.15) is 0 Å². The van der Waals surface area contributed by atoms with E-state index in [2.05, 4.69) is 5.16 Å². The largest absolute Gasteiger partial charge is 0.507 e. The molecular weight excluding hydrogens is 482 g/mol. The van der Waals surface area contributed by atoms with Crippen LogP contribution in [0.15, 0.2) is 16.7 Å². The second-order valence-corrected chi connectivity index (χ2v) is 10.5. The van der Waals surface area contributed by atoms with Crippen molar-refractivity contribution in [2.24, 2.45) is 29.4 Å². The van der Waals surface area contributed by atoms with Crippen LogP contribution in [0.3, 0.4) is 0 Å². The Hall–Kier alpha value is -3.70. The summed E-state index contributed by atoms with van der Waals surface area (Å²) in [5.74, 6) is -10.2. The third kappa shape index (κ3) is 3.20. The molecule has 194 valence electrons. The highest BCUT2D eigenvalue weighted by Crippen LogP contribution is 2.52. The van der Waals surface area contributed by atoms with Crippen molar-refractivity contribution in [1.82, 2.24) is 10.1 Å². The van der Waals surface area contributed by atoms with Gasteiger partial charge in [-0.05, 0) is 63.9 Å². The second kappa shape index (κ2) is 8.15. The van der Waals surface area contributed by atoms with E-state index >= 15 is 0 Å². The normalized spacial score (nSPS) is 31.2. The first-order valence-electron chi connectivity index (χ1n) is 11.9. The van der Waals surface area contributed by atoms with Gasteiger partial charge in [-0.25, -0.2) is 0 Å². The van der Waals surface area contributed by atoms with Gasteiger partial charge in [-0.15, -0.1) is 0 Å². The third-order valence-corrected chi connectivity index (χ3v) is 8.25. The molecule has 0 spiro atoms. The van der Waals surface area contributed by atoms with Crippen molar-refractivity contribution in [2.75, 3.05) is 14.1 Å². The number of aliphatic hydroxyl groups is 1. The van der Waals surface area contributed by atoms with Gasteiger partial charge in [0.15, 0.2) is 34.7 Å². The zero-order valence-electron chi connectivity index (χ0n) is 20.8. The zero-order chi connectivity index (χ0) is 27.1. The number of hydrogen-bond acceptors (Lipinski definition) is 10. The highest BCUT2D eigenvalue weighted by Gasteiger charge is 2.69. The number of aromatic nitrogens is 1. The number of ketones is 4. The first-order chi connectivity index (χ1) is 17.3. The van der Waals surface area contributed by atoms with Crippen molar-refractivity contribution in [3.63, 3.8) is 0 Å². The number of carbonyl (C=O) groups excluding carboxylic acids is 5. The fourth-order valence-electron chi connectivity index (χ4n) is 6.71. The number of amides is 1. The Labute approximate surface area is 211 Å². The smallest absolute Gasteiger partial charge is 0.235 e. The number of nitrogens with zero attached hydrogens (tertiary/aromatic N) is 2. The van der Waals surface area contributed by atoms with E-state index in [0.29, 0.717) is 28.1 Å². The van der Waals surface area contributed by atoms with Crippen molar-refractivity contribution in [2.45, 2.75) is 38.3 Å². The van der Waals surface area contributed by atoms with E-state index in [-0.39, 0.29) is 24.2 Å². The molecule has 0 aliphatic heterocycles. The lowest BCUT2D eigenvalue weighted by molar-refractivity contribution is -0.181. The number of hydrogen-bond donors (Lipinski definition) is 3. The van der Waals surface area contributed by atoms with Crippen LogP contribution in [0.5, 0.6) is 5.75 Å². The summed E-state index contributed by atoms with van der Waals surface area (Å²) < 4.78 is 5.30. The Morgan fingerprint density at radius 2 is 1.81 bits per heavy atom. The Kier molecular flexibility index (Phi) is 5.50. The molecule has 1 heterocycles. The number of rotatable bonds is 3. The first kappa shape index (κ1) is 25.0. The van der Waals surface area contributed by atoms with E-state index < -0.39 is 64.4 Å². The van der Waals surface area contributed by atoms with Crippen LogP contribution in [0.25, 0.3) is 11.1 Å². The van der Waals surface area contributed by atoms with E-state index in [1.54, 1.807) is 34.0 Å². The van der Waals surface area contributed by atoms with E-state index in [1.807, 2.05) is 0 Å². The molecule has 2 fully saturated rings. The third-order valence-electron chi connectivity index (χ3n) is 8.25. The van der Waals surface area contributed by atoms with Gasteiger partial charge in [-0.1, -0.05) is 11.2 Å². The summed E-state index contributed by atoms with van der Waals surface area (Å²) in [4.78, 5) is 67.6. The van der Waals surface area contributed by atoms with Crippen LogP contribution in [0.1, 0.15) is 33.8 Å². The molecule has 1 aromatic heterocycles. The van der Waals surface area contributed by atoms with Gasteiger partial charge in [0, 0.05) is 11.5 Å². The van der Waals surface area contributed by atoms with Crippen LogP contribution < -0.4 is 5.73 Å². The lowest BCUT2D eigenvalue weighted by Gasteiger charge is -2.52. The van der Waals surface area contributed by atoms with Crippen LogP contribution in [0, 0.1) is 37.5 Å². The summed E-state index contributed by atoms with van der Waals surface area (Å²) in [5, 5.41) is 26.3. The molecule has 6 atom stereocenters. The predicted molar refractivity (Wildman–Crippen MR) is 126 cm³/mol. The summed E-state index contributed by atoms with van der Waals surface area (Å²) in [7, 11) is 3.09. The molecule has 1 amide bonds. The average Bonchev–Trinajstić information content (AvgIpc) is 3.14. The summed E-state index contributed by atoms with van der Waals surface area (Å²) in [5.41, 5.74) is 4.90. The summed E-state index contributed by atoms with van der Waals surface area (Å²) in [6.45, 7) is 3.47. The second-order valence-electron chi connectivity index (χ2n) is 10.5. The van der Waals surface area contributed by atoms with Gasteiger partial charge in [0.1, 0.15) is 11.5 Å². The minimum Gasteiger partial charge on any atom is -0.507 e. The Morgan fingerprint density at radius 1 is 1.14 bits per heavy atom. The quantitative estimate of drug-likeness (QED) is 0.481. The van der Waals surface area contributed by atoms with Gasteiger partial charge >= 0.3 is 0 Å². The first-order valence-corrected chi connectivity index (χ1v) is 11.9. The number of phenolic OH excluding ortho intramolecular Hbond substituents is 1. The monoisotopic (exact) mass is 509 g/mol. The van der Waals surface area contributed by atoms with Crippen LogP contribution in [-0.4, -0.2) is 75.0 Å². The molecule has 3 aliphatic carbocycles. The van der Waals surface area contributed by atoms with E-state index in [9.17, 15) is 34.2 Å². The number of Topliss-reactive ketones (excluding diaryl/α,β-unsaturated/α-hetero) is 4. The standard InChI is InChI=1S/C26H27N3O8/c1-9-16(10(2)37-28-9)12-5-6-15(30)18-13(12)7-11-8-14-20(29(3)4)22(32)19(25(27)35)24(34)26(14,36)23(33)17(11)21(18)31/h5-6,11,14,17,19-20,30,36H,7-8H2,1-4H3,(H2,27,35)/t11-,14-,17?,19?,20-,26-/m0/s1. The molecule has 1 aromatic carbocycles. The van der Waals surface area contributed by atoms with Gasteiger partial charge in [0.25, 0.3) is 0 Å². The van der Waals surface area contributed by atoms with Gasteiger partial charge in [0.2, 0.25) is 5.91 Å². The van der Waals surface area contributed by atoms with Crippen molar-refractivity contribution in [3.8, 4) is 16.9 Å². The molecule has 2 unspecified atom stereocenters. The lowest BCUT2D eigenvalue weighted by atomic mass is 9.52. The number of phenols is 1. The molecule has 0 bridgehead atoms. The fourth-order valence-corrected chi connectivity index (χ4v) is 6.71. The highest BCUT2D eigenvalue weighted by atomic mass is 16.5. The molecule has 0 radical (unpaired) electrons. The molecule has 5 rings (SSSR count). The van der Waals surface area contributed by atoms with Crippen molar-refractivity contribution in [1.29, 1.82) is 0 Å². The summed E-state index contributed by atoms with van der Waals surface area (Å²) >= 11 is 0. The minimum absolute atomic E-state index is 0.0133. The molecule has 11 heteroatoms. The van der Waals surface area contributed by atoms with Gasteiger partial charge in [0.05, 0.1) is 23.2 Å². The number of nitrogens with two attached hydrogens (primary N) is 1. The van der Waals surface area contributed by atoms with Gasteiger partial charge in [-0.3, -0.25) is 28.9 Å². The molecule has 4 N–H and O–H groups in total. The summed E-state index contributed by atoms with van der Waals surface area (Å²) in [6.07, 6.45) is 0.153. The molecule has 2 saturated carbocycles. The highest BCUT2D eigenvalue weighted by molar-refractivity contribution is 6.32. The van der Waals surface area contributed by atoms with Crippen LogP contribution >= 0.6 is 0 Å². The van der Waals surface area contributed by atoms with E-state index in [4.69, 9.17) is 10.3 Å². The fraction of sp³-hybridized carbons (Fsp3) is 0.462. The van der Waals surface area contributed by atoms with Crippen LogP contribution in [0.4, 0.5) is 0 Å². The lowest BCUT2D eigenvalue weighted by Crippen LogP contribution is -2.74. The SMILES string of the molecule is Cc1noc(C)c1-c1ccc(O)c2c1C[C@H]1C[C@H]3[C@H](N(C)C)C(=O)C(C(N)=O)C(=O)[C@@]3(O)C(=O)C1C2=O. The number of carbonyl (C=O) groups is 5. The average molecular weight is 510 g/mol. The Balaban J connectivity index is 1.68. The molecule has 11 nitrogen and oxygen atoms in total. The molecule has 37 heavy (non-hydrogen) atoms. The zero-order valence-corrected chi connectivity index (χ0v) is 20.8. The molecule has 2 aromatic rings. The number of benzene rings is 1. The van der Waals surface area contributed by atoms with Crippen molar-refractivity contribution < 1.29 is 38.7 Å². The number of aromatic hydroxyl groups is 1. The number of aryl methyl sites for hydroxylation is 2. The Morgan fingerprint density at radius 3 is 2.38 bits per heavy atom. The molecular formula is C26H27N3O8. The van der Waals surface area contributed by atoms with Crippen molar-refractivity contribution >= 4 is 29.0 Å². The number of primary amides is 1. The molecule has 3 aliphatic rings. The maximum absolute atomic E-state index is 13.8. The van der Waals surface area contributed by atoms with E-state index in [0.717, 1.165) is 0 Å². The Bertz CT molecular complexity index is 1390. The topological polar surface area (TPSA) is 181 Å². The van der Waals surface area contributed by atoms with E-state index in [1.165, 1.54) is 11.0 Å². The molecule has 0 saturated heterocycles. The predicted octanol–water partition coefficient (Wildman–Crippen LogP) is 0.139. The maximum Gasteiger partial charge on any atom is 0.235 e. The number of fused-ring (bicyclic) bond motifs is 3. The van der Waals surface area contributed by atoms with Crippen LogP contribution in [-0.2, 0) is 25.6 Å².